The smallest absolute Gasteiger partial charge is 0.161 e. The van der Waals surface area contributed by atoms with Crippen LogP contribution in [0.25, 0.3) is 0 Å². The van der Waals surface area contributed by atoms with Crippen molar-refractivity contribution >= 4 is 11.6 Å². The molecule has 1 fully saturated rings. The van der Waals surface area contributed by atoms with E-state index in [-0.39, 0.29) is 11.2 Å². The van der Waals surface area contributed by atoms with Crippen molar-refractivity contribution in [1.82, 2.24) is 0 Å². The lowest BCUT2D eigenvalue weighted by Crippen LogP contribution is -2.47. The lowest BCUT2D eigenvalue weighted by molar-refractivity contribution is 0.0404. The predicted molar refractivity (Wildman–Crippen MR) is 111 cm³/mol. The first-order valence-electron chi connectivity index (χ1n) is 10.0. The van der Waals surface area contributed by atoms with Gasteiger partial charge in [-0.15, -0.1) is 0 Å². The second-order valence-corrected chi connectivity index (χ2v) is 9.68. The largest absolute Gasteiger partial charge is 0.504 e. The Bertz CT molecular complexity index is 840. The Morgan fingerprint density at radius 2 is 1.85 bits per heavy atom. The molecule has 2 aromatic rings. The van der Waals surface area contributed by atoms with Gasteiger partial charge in [0.2, 0.25) is 0 Å². The van der Waals surface area contributed by atoms with Crippen LogP contribution in [0.2, 0.25) is 5.02 Å². The molecule has 144 valence electrons. The summed E-state index contributed by atoms with van der Waals surface area (Å²) in [5.41, 5.74) is 4.26. The number of ether oxygens (including phenoxy) is 1. The molecule has 0 bridgehead atoms. The third-order valence-corrected chi connectivity index (χ3v) is 7.29. The Hall–Kier alpha value is -1.67. The first-order valence-corrected chi connectivity index (χ1v) is 10.4. The summed E-state index contributed by atoms with van der Waals surface area (Å²) in [4.78, 5) is 0. The number of halogens is 1. The molecule has 0 aliphatic heterocycles. The van der Waals surface area contributed by atoms with Crippen LogP contribution in [0.5, 0.6) is 11.5 Å². The standard InChI is InChI=1S/C24H29ClO2/c1-23(2)11-4-12-24(3)19-14-21(20(26)13-17(19)7-10-22(23)24)27-15-16-5-8-18(25)9-6-16/h5-6,8-9,13-14,22,26H,4,7,10-12,15H2,1-3H3/t22-,24-/m1/s1. The Morgan fingerprint density at radius 3 is 2.59 bits per heavy atom. The Morgan fingerprint density at radius 1 is 1.11 bits per heavy atom. The number of aryl methyl sites for hydroxylation is 1. The maximum atomic E-state index is 10.5. The Kier molecular flexibility index (Phi) is 4.66. The normalized spacial score (nSPS) is 26.1. The van der Waals surface area contributed by atoms with E-state index in [0.29, 0.717) is 28.7 Å². The van der Waals surface area contributed by atoms with E-state index >= 15 is 0 Å². The van der Waals surface area contributed by atoms with Gasteiger partial charge in [0.25, 0.3) is 0 Å². The molecule has 0 amide bonds. The predicted octanol–water partition coefficient (Wildman–Crippen LogP) is 6.65. The van der Waals surface area contributed by atoms with Crippen LogP contribution in [0.3, 0.4) is 0 Å². The molecule has 1 saturated carbocycles. The molecule has 0 saturated heterocycles. The van der Waals surface area contributed by atoms with Crippen LogP contribution in [0, 0.1) is 11.3 Å². The van der Waals surface area contributed by atoms with Gasteiger partial charge in [-0.3, -0.25) is 0 Å². The molecule has 3 heteroatoms. The number of rotatable bonds is 3. The molecule has 0 aromatic heterocycles. The van der Waals surface area contributed by atoms with Crippen molar-refractivity contribution < 1.29 is 9.84 Å². The molecule has 0 radical (unpaired) electrons. The molecule has 0 spiro atoms. The van der Waals surface area contributed by atoms with Crippen molar-refractivity contribution in [2.75, 3.05) is 0 Å². The highest BCUT2D eigenvalue weighted by atomic mass is 35.5. The van der Waals surface area contributed by atoms with Crippen molar-refractivity contribution in [3.8, 4) is 11.5 Å². The first kappa shape index (κ1) is 18.7. The summed E-state index contributed by atoms with van der Waals surface area (Å²) >= 11 is 5.96. The van der Waals surface area contributed by atoms with Gasteiger partial charge in [-0.05, 0) is 83.4 Å². The fraction of sp³-hybridized carbons (Fsp3) is 0.500. The van der Waals surface area contributed by atoms with Gasteiger partial charge in [0, 0.05) is 5.02 Å². The van der Waals surface area contributed by atoms with Crippen molar-refractivity contribution in [2.45, 2.75) is 64.9 Å². The van der Waals surface area contributed by atoms with Crippen molar-refractivity contribution in [1.29, 1.82) is 0 Å². The number of fused-ring (bicyclic) bond motifs is 3. The number of phenolic OH excluding ortho intramolecular Hbond substituents is 1. The molecule has 2 nitrogen and oxygen atoms in total. The maximum absolute atomic E-state index is 10.5. The Balaban J connectivity index is 1.65. The molecular weight excluding hydrogens is 356 g/mol. The SMILES string of the molecule is CC1(C)CCC[C@]2(C)c3cc(OCc4ccc(Cl)cc4)c(O)cc3CC[C@H]12. The molecule has 0 heterocycles. The van der Waals surface area contributed by atoms with Crippen LogP contribution in [0.15, 0.2) is 36.4 Å². The quantitative estimate of drug-likeness (QED) is 0.641. The van der Waals surface area contributed by atoms with Crippen molar-refractivity contribution in [2.24, 2.45) is 11.3 Å². The summed E-state index contributed by atoms with van der Waals surface area (Å²) < 4.78 is 6.01. The minimum Gasteiger partial charge on any atom is -0.504 e. The monoisotopic (exact) mass is 384 g/mol. The van der Waals surface area contributed by atoms with E-state index in [1.165, 1.54) is 36.8 Å². The second-order valence-electron chi connectivity index (χ2n) is 9.24. The average molecular weight is 385 g/mol. The summed E-state index contributed by atoms with van der Waals surface area (Å²) in [6.45, 7) is 7.71. The minimum atomic E-state index is 0.168. The van der Waals surface area contributed by atoms with Crippen LogP contribution in [0.1, 0.15) is 63.1 Å². The molecule has 0 unspecified atom stereocenters. The molecule has 1 N–H and O–H groups in total. The van der Waals surface area contributed by atoms with Crippen LogP contribution < -0.4 is 4.74 Å². The van der Waals surface area contributed by atoms with E-state index in [9.17, 15) is 5.11 Å². The topological polar surface area (TPSA) is 29.5 Å². The second kappa shape index (κ2) is 6.74. The van der Waals surface area contributed by atoms with Gasteiger partial charge in [-0.1, -0.05) is 50.9 Å². The van der Waals surface area contributed by atoms with Crippen molar-refractivity contribution in [3.63, 3.8) is 0 Å². The van der Waals surface area contributed by atoms with Gasteiger partial charge in [0.15, 0.2) is 11.5 Å². The summed E-state index contributed by atoms with van der Waals surface area (Å²) in [7, 11) is 0. The molecule has 4 rings (SSSR count). The Labute approximate surface area is 167 Å². The fourth-order valence-corrected chi connectivity index (χ4v) is 5.79. The van der Waals surface area contributed by atoms with Gasteiger partial charge in [0.05, 0.1) is 0 Å². The highest BCUT2D eigenvalue weighted by molar-refractivity contribution is 6.30. The van der Waals surface area contributed by atoms with E-state index in [4.69, 9.17) is 16.3 Å². The van der Waals surface area contributed by atoms with Gasteiger partial charge in [-0.25, -0.2) is 0 Å². The van der Waals surface area contributed by atoms with Crippen LogP contribution in [-0.2, 0) is 18.4 Å². The molecule has 27 heavy (non-hydrogen) atoms. The fourth-order valence-electron chi connectivity index (χ4n) is 5.66. The average Bonchev–Trinajstić information content (AvgIpc) is 2.61. The molecule has 2 atom stereocenters. The molecule has 2 aromatic carbocycles. The zero-order chi connectivity index (χ0) is 19.2. The third kappa shape index (κ3) is 3.33. The van der Waals surface area contributed by atoms with Crippen molar-refractivity contribution in [3.05, 3.63) is 58.1 Å². The van der Waals surface area contributed by atoms with Gasteiger partial charge >= 0.3 is 0 Å². The number of aromatic hydroxyl groups is 1. The van der Waals surface area contributed by atoms with E-state index in [1.54, 1.807) is 0 Å². The lowest BCUT2D eigenvalue weighted by atomic mass is 9.50. The zero-order valence-electron chi connectivity index (χ0n) is 16.5. The van der Waals surface area contributed by atoms with Crippen LogP contribution >= 0.6 is 11.6 Å². The number of phenols is 1. The maximum Gasteiger partial charge on any atom is 0.161 e. The molecule has 2 aliphatic carbocycles. The minimum absolute atomic E-state index is 0.168. The summed E-state index contributed by atoms with van der Waals surface area (Å²) in [6, 6.07) is 11.7. The summed E-state index contributed by atoms with van der Waals surface area (Å²) in [6.07, 6.45) is 6.04. The van der Waals surface area contributed by atoms with Gasteiger partial charge in [-0.2, -0.15) is 0 Å². The first-order chi connectivity index (χ1) is 12.8. The van der Waals surface area contributed by atoms with Gasteiger partial charge < -0.3 is 9.84 Å². The van der Waals surface area contributed by atoms with E-state index in [1.807, 2.05) is 30.3 Å². The number of benzene rings is 2. The lowest BCUT2D eigenvalue weighted by Gasteiger charge is -2.54. The summed E-state index contributed by atoms with van der Waals surface area (Å²) in [5.74, 6) is 1.52. The highest BCUT2D eigenvalue weighted by Crippen LogP contribution is 2.58. The third-order valence-electron chi connectivity index (χ3n) is 7.04. The van der Waals surface area contributed by atoms with E-state index in [0.717, 1.165) is 12.0 Å². The summed E-state index contributed by atoms with van der Waals surface area (Å²) in [5, 5.41) is 11.2. The van der Waals surface area contributed by atoms with Gasteiger partial charge in [0.1, 0.15) is 6.61 Å². The highest BCUT2D eigenvalue weighted by Gasteiger charge is 2.49. The van der Waals surface area contributed by atoms with Crippen LogP contribution in [0.4, 0.5) is 0 Å². The van der Waals surface area contributed by atoms with E-state index < -0.39 is 0 Å². The van der Waals surface area contributed by atoms with E-state index in [2.05, 4.69) is 26.8 Å². The molecular formula is C24H29ClO2. The number of hydrogen-bond acceptors (Lipinski definition) is 2. The van der Waals surface area contributed by atoms with Crippen LogP contribution in [-0.4, -0.2) is 5.11 Å². The zero-order valence-corrected chi connectivity index (χ0v) is 17.3. The molecule has 2 aliphatic rings. The number of hydrogen-bond donors (Lipinski definition) is 1.